The van der Waals surface area contributed by atoms with Crippen LogP contribution in [0.4, 0.5) is 22.0 Å². The third-order valence-electron chi connectivity index (χ3n) is 6.13. The number of hydrogen-bond donors (Lipinski definition) is 0. The number of aromatic nitrogens is 6. The lowest BCUT2D eigenvalue weighted by Gasteiger charge is -2.25. The van der Waals surface area contributed by atoms with Crippen LogP contribution >= 0.6 is 0 Å². The molecule has 1 aliphatic heterocycles. The molecule has 4 aromatic rings. The van der Waals surface area contributed by atoms with Gasteiger partial charge in [-0.2, -0.15) is 18.3 Å². The van der Waals surface area contributed by atoms with E-state index in [9.17, 15) is 22.0 Å². The lowest BCUT2D eigenvalue weighted by Crippen LogP contribution is -2.21. The number of benzene rings is 1. The molecule has 1 aromatic carbocycles. The number of hydrogen-bond acceptors (Lipinski definition) is 5. The maximum Gasteiger partial charge on any atom is 0.416 e. The van der Waals surface area contributed by atoms with E-state index < -0.39 is 30.7 Å². The molecule has 198 valence electrons. The predicted octanol–water partition coefficient (Wildman–Crippen LogP) is 5.93. The fourth-order valence-corrected chi connectivity index (χ4v) is 4.49. The van der Waals surface area contributed by atoms with Crippen LogP contribution < -0.4 is 4.74 Å². The first-order valence-electron chi connectivity index (χ1n) is 11.9. The van der Waals surface area contributed by atoms with Gasteiger partial charge in [0.2, 0.25) is 5.88 Å². The number of imidazole rings is 1. The Labute approximate surface area is 214 Å². The number of alkyl halides is 5. The highest BCUT2D eigenvalue weighted by molar-refractivity contribution is 5.65. The molecule has 0 aliphatic carbocycles. The summed E-state index contributed by atoms with van der Waals surface area (Å²) < 4.78 is 75.1. The van der Waals surface area contributed by atoms with Crippen LogP contribution in [-0.2, 0) is 12.7 Å². The van der Waals surface area contributed by atoms with Crippen molar-refractivity contribution < 1.29 is 26.7 Å². The number of nitrogens with zero attached hydrogens (tertiary/aromatic N) is 6. The molecule has 38 heavy (non-hydrogen) atoms. The second-order valence-electron chi connectivity index (χ2n) is 8.85. The molecule has 5 rings (SSSR count). The Balaban J connectivity index is 1.43. The van der Waals surface area contributed by atoms with E-state index in [4.69, 9.17) is 4.74 Å². The standard InChI is InChI=1S/C26H23F5N6O/c1-16-13-36(15-32-16)21-10-8-17(33-25(21)38-14-22(27)28)9-11-23-34-24-19(6-4-12-37(24)35-23)18-5-2-3-7-20(18)26(29,30)31/h2-3,5,7-11,13,15,19,22H,4,6,12,14H2,1H3/t19-/m0/s1. The van der Waals surface area contributed by atoms with Crippen LogP contribution in [0.1, 0.15) is 52.9 Å². The fraction of sp³-hybridized carbons (Fsp3) is 0.308. The number of pyridine rings is 1. The van der Waals surface area contributed by atoms with Crippen LogP contribution in [-0.4, -0.2) is 42.3 Å². The van der Waals surface area contributed by atoms with Gasteiger partial charge >= 0.3 is 6.18 Å². The van der Waals surface area contributed by atoms with Crippen LogP contribution in [0.2, 0.25) is 0 Å². The van der Waals surface area contributed by atoms with Gasteiger partial charge in [-0.1, -0.05) is 18.2 Å². The molecule has 3 aromatic heterocycles. The molecule has 1 aliphatic rings. The minimum Gasteiger partial charge on any atom is -0.470 e. The Kier molecular flexibility index (Phi) is 6.96. The smallest absolute Gasteiger partial charge is 0.416 e. The zero-order valence-corrected chi connectivity index (χ0v) is 20.2. The Bertz CT molecular complexity index is 1460. The lowest BCUT2D eigenvalue weighted by molar-refractivity contribution is -0.138. The Morgan fingerprint density at radius 3 is 2.66 bits per heavy atom. The Morgan fingerprint density at radius 1 is 1.11 bits per heavy atom. The summed E-state index contributed by atoms with van der Waals surface area (Å²) in [6.07, 6.45) is 0.465. The Morgan fingerprint density at radius 2 is 1.92 bits per heavy atom. The SMILES string of the molecule is Cc1cn(-c2ccc(C=Cc3nc4n(n3)CCC[C@H]4c3ccccc3C(F)(F)F)nc2OCC(F)F)cn1. The molecule has 0 fully saturated rings. The van der Waals surface area contributed by atoms with Crippen molar-refractivity contribution in [1.82, 2.24) is 29.3 Å². The number of fused-ring (bicyclic) bond motifs is 1. The average Bonchev–Trinajstić information content (AvgIpc) is 3.51. The summed E-state index contributed by atoms with van der Waals surface area (Å²) in [5.41, 5.74) is 1.09. The molecule has 0 unspecified atom stereocenters. The Hall–Kier alpha value is -4.09. The van der Waals surface area contributed by atoms with E-state index in [1.807, 2.05) is 0 Å². The normalized spacial score (nSPS) is 15.8. The van der Waals surface area contributed by atoms with E-state index in [0.717, 1.165) is 11.8 Å². The molecule has 4 heterocycles. The first-order chi connectivity index (χ1) is 18.2. The van der Waals surface area contributed by atoms with E-state index in [-0.39, 0.29) is 11.4 Å². The summed E-state index contributed by atoms with van der Waals surface area (Å²) >= 11 is 0. The molecule has 7 nitrogen and oxygen atoms in total. The van der Waals surface area contributed by atoms with Gasteiger partial charge in [-0.05, 0) is 55.7 Å². The van der Waals surface area contributed by atoms with Gasteiger partial charge in [0.1, 0.15) is 11.5 Å². The monoisotopic (exact) mass is 530 g/mol. The summed E-state index contributed by atoms with van der Waals surface area (Å²) in [6.45, 7) is 1.52. The van der Waals surface area contributed by atoms with E-state index >= 15 is 0 Å². The van der Waals surface area contributed by atoms with Gasteiger partial charge in [0.15, 0.2) is 12.4 Å². The molecule has 0 radical (unpaired) electrons. The van der Waals surface area contributed by atoms with Gasteiger partial charge in [-0.25, -0.2) is 28.4 Å². The molecule has 0 saturated heterocycles. The molecule has 12 heteroatoms. The molecule has 0 amide bonds. The van der Waals surface area contributed by atoms with Gasteiger partial charge < -0.3 is 9.30 Å². The number of halogens is 5. The van der Waals surface area contributed by atoms with Crippen LogP contribution in [0.3, 0.4) is 0 Å². The van der Waals surface area contributed by atoms with Crippen LogP contribution in [0.25, 0.3) is 17.8 Å². The summed E-state index contributed by atoms with van der Waals surface area (Å²) in [4.78, 5) is 13.0. The van der Waals surface area contributed by atoms with E-state index in [2.05, 4.69) is 20.1 Å². The quantitative estimate of drug-likeness (QED) is 0.277. The van der Waals surface area contributed by atoms with E-state index in [0.29, 0.717) is 42.4 Å². The summed E-state index contributed by atoms with van der Waals surface area (Å²) in [5.74, 6) is 0.238. The molecular weight excluding hydrogens is 507 g/mol. The maximum absolute atomic E-state index is 13.6. The van der Waals surface area contributed by atoms with Crippen molar-refractivity contribution in [2.75, 3.05) is 6.61 Å². The zero-order valence-electron chi connectivity index (χ0n) is 20.2. The van der Waals surface area contributed by atoms with Crippen molar-refractivity contribution >= 4 is 12.2 Å². The molecule has 0 bridgehead atoms. The highest BCUT2D eigenvalue weighted by Gasteiger charge is 2.37. The van der Waals surface area contributed by atoms with Crippen molar-refractivity contribution in [3.8, 4) is 11.6 Å². The predicted molar refractivity (Wildman–Crippen MR) is 129 cm³/mol. The van der Waals surface area contributed by atoms with Gasteiger partial charge in [0.05, 0.1) is 23.3 Å². The zero-order chi connectivity index (χ0) is 26.9. The number of aryl methyl sites for hydroxylation is 2. The van der Waals surface area contributed by atoms with Crippen molar-refractivity contribution in [3.63, 3.8) is 0 Å². The highest BCUT2D eigenvalue weighted by atomic mass is 19.4. The second kappa shape index (κ2) is 10.3. The third-order valence-corrected chi connectivity index (χ3v) is 6.13. The maximum atomic E-state index is 13.6. The van der Waals surface area contributed by atoms with Crippen molar-refractivity contribution in [3.05, 3.63) is 83.1 Å². The molecule has 0 saturated carbocycles. The van der Waals surface area contributed by atoms with Crippen molar-refractivity contribution in [2.24, 2.45) is 0 Å². The topological polar surface area (TPSA) is 70.7 Å². The van der Waals surface area contributed by atoms with Crippen molar-refractivity contribution in [2.45, 2.75) is 44.8 Å². The van der Waals surface area contributed by atoms with Crippen LogP contribution in [0.5, 0.6) is 5.88 Å². The minimum absolute atomic E-state index is 0.00534. The van der Waals surface area contributed by atoms with E-state index in [1.54, 1.807) is 52.7 Å². The van der Waals surface area contributed by atoms with Gasteiger partial charge in [-0.15, -0.1) is 0 Å². The molecular formula is C26H23F5N6O. The fourth-order valence-electron chi connectivity index (χ4n) is 4.49. The van der Waals surface area contributed by atoms with Crippen molar-refractivity contribution in [1.29, 1.82) is 0 Å². The van der Waals surface area contributed by atoms with Gasteiger partial charge in [0, 0.05) is 18.7 Å². The summed E-state index contributed by atoms with van der Waals surface area (Å²) in [6, 6.07) is 8.88. The first-order valence-corrected chi connectivity index (χ1v) is 11.9. The lowest BCUT2D eigenvalue weighted by atomic mass is 9.88. The second-order valence-corrected chi connectivity index (χ2v) is 8.85. The summed E-state index contributed by atoms with van der Waals surface area (Å²) in [5, 5.41) is 4.45. The minimum atomic E-state index is -4.47. The average molecular weight is 531 g/mol. The largest absolute Gasteiger partial charge is 0.470 e. The van der Waals surface area contributed by atoms with Crippen LogP contribution in [0.15, 0.2) is 48.9 Å². The summed E-state index contributed by atoms with van der Waals surface area (Å²) in [7, 11) is 0. The molecule has 0 spiro atoms. The molecule has 0 N–H and O–H groups in total. The highest BCUT2D eigenvalue weighted by Crippen LogP contribution is 2.40. The number of ether oxygens (including phenoxy) is 1. The van der Waals surface area contributed by atoms with Gasteiger partial charge in [0.25, 0.3) is 6.43 Å². The number of rotatable bonds is 7. The molecule has 1 atom stereocenters. The first kappa shape index (κ1) is 25.6. The van der Waals surface area contributed by atoms with Crippen LogP contribution in [0, 0.1) is 6.92 Å². The van der Waals surface area contributed by atoms with Gasteiger partial charge in [-0.3, -0.25) is 0 Å². The van der Waals surface area contributed by atoms with E-state index in [1.165, 1.54) is 18.5 Å². The third kappa shape index (κ3) is 5.43.